The fraction of sp³-hybridized carbons (Fsp3) is 0.111. The van der Waals surface area contributed by atoms with Crippen LogP contribution in [0.3, 0.4) is 0 Å². The maximum atomic E-state index is 12.7. The molecule has 1 aromatic heterocycles. The second-order valence-corrected chi connectivity index (χ2v) is 5.03. The predicted octanol–water partition coefficient (Wildman–Crippen LogP) is 1.80. The standard InChI is InChI=1S/C18H14O6/c1-22-12-4-2-11(3-5-12)18(21)15-9-24-16-7-6-13(8-14(15)16)23-10-17(19)20/h2-9H,10H2,1H3,(H,19,20)/p-1. The fourth-order valence-corrected chi connectivity index (χ4v) is 2.31. The number of aliphatic carboxylic acids is 1. The highest BCUT2D eigenvalue weighted by atomic mass is 16.5. The molecule has 0 aliphatic heterocycles. The minimum absolute atomic E-state index is 0.214. The van der Waals surface area contributed by atoms with Crippen molar-refractivity contribution in [3.05, 3.63) is 59.9 Å². The van der Waals surface area contributed by atoms with E-state index in [4.69, 9.17) is 13.9 Å². The van der Waals surface area contributed by atoms with Gasteiger partial charge in [0.25, 0.3) is 0 Å². The summed E-state index contributed by atoms with van der Waals surface area (Å²) >= 11 is 0. The van der Waals surface area contributed by atoms with Crippen molar-refractivity contribution >= 4 is 22.7 Å². The minimum atomic E-state index is -1.32. The van der Waals surface area contributed by atoms with Crippen LogP contribution in [-0.2, 0) is 4.79 Å². The van der Waals surface area contributed by atoms with Crippen molar-refractivity contribution in [2.75, 3.05) is 13.7 Å². The molecule has 0 fully saturated rings. The zero-order valence-electron chi connectivity index (χ0n) is 12.8. The van der Waals surface area contributed by atoms with Crippen molar-refractivity contribution in [3.8, 4) is 11.5 Å². The molecule has 0 bridgehead atoms. The van der Waals surface area contributed by atoms with Crippen LogP contribution < -0.4 is 14.6 Å². The summed E-state index contributed by atoms with van der Waals surface area (Å²) in [6.07, 6.45) is 1.37. The lowest BCUT2D eigenvalue weighted by atomic mass is 10.0. The van der Waals surface area contributed by atoms with Crippen molar-refractivity contribution < 1.29 is 28.6 Å². The zero-order valence-corrected chi connectivity index (χ0v) is 12.8. The predicted molar refractivity (Wildman–Crippen MR) is 83.1 cm³/mol. The van der Waals surface area contributed by atoms with E-state index >= 15 is 0 Å². The largest absolute Gasteiger partial charge is 0.546 e. The number of benzene rings is 2. The molecule has 3 rings (SSSR count). The SMILES string of the molecule is COc1ccc(C(=O)c2coc3ccc(OCC(=O)[O-])cc23)cc1. The number of methoxy groups -OCH3 is 1. The topological polar surface area (TPSA) is 88.8 Å². The Morgan fingerprint density at radius 1 is 1.08 bits per heavy atom. The Bertz CT molecular complexity index is 892. The van der Waals surface area contributed by atoms with Crippen LogP contribution in [0, 0.1) is 0 Å². The Morgan fingerprint density at radius 3 is 2.46 bits per heavy atom. The summed E-state index contributed by atoms with van der Waals surface area (Å²) in [5.74, 6) is -0.566. The third-order valence-electron chi connectivity index (χ3n) is 3.50. The lowest BCUT2D eigenvalue weighted by Crippen LogP contribution is -2.28. The maximum absolute atomic E-state index is 12.7. The number of ether oxygens (including phenoxy) is 2. The number of fused-ring (bicyclic) bond motifs is 1. The molecule has 0 spiro atoms. The summed E-state index contributed by atoms with van der Waals surface area (Å²) in [5.41, 5.74) is 1.36. The Hall–Kier alpha value is -3.28. The van der Waals surface area contributed by atoms with Crippen molar-refractivity contribution in [1.82, 2.24) is 0 Å². The lowest BCUT2D eigenvalue weighted by molar-refractivity contribution is -0.307. The van der Waals surface area contributed by atoms with Gasteiger partial charge in [0, 0.05) is 10.9 Å². The molecule has 2 aromatic carbocycles. The first-order valence-corrected chi connectivity index (χ1v) is 7.11. The summed E-state index contributed by atoms with van der Waals surface area (Å²) in [6.45, 7) is -0.564. The van der Waals surface area contributed by atoms with Crippen LogP contribution >= 0.6 is 0 Å². The highest BCUT2D eigenvalue weighted by molar-refractivity contribution is 6.16. The molecule has 0 amide bonds. The van der Waals surface area contributed by atoms with E-state index in [9.17, 15) is 14.7 Å². The summed E-state index contributed by atoms with van der Waals surface area (Å²) in [4.78, 5) is 23.1. The molecule has 6 nitrogen and oxygen atoms in total. The van der Waals surface area contributed by atoms with Gasteiger partial charge in [0.2, 0.25) is 0 Å². The van der Waals surface area contributed by atoms with Gasteiger partial charge >= 0.3 is 0 Å². The molecule has 1 heterocycles. The third kappa shape index (κ3) is 3.08. The van der Waals surface area contributed by atoms with Gasteiger partial charge in [-0.15, -0.1) is 0 Å². The number of carboxylic acids is 1. The van der Waals surface area contributed by atoms with Crippen molar-refractivity contribution in [2.24, 2.45) is 0 Å². The van der Waals surface area contributed by atoms with E-state index < -0.39 is 12.6 Å². The van der Waals surface area contributed by atoms with Gasteiger partial charge in [0.05, 0.1) is 18.6 Å². The summed E-state index contributed by atoms with van der Waals surface area (Å²) < 4.78 is 15.5. The smallest absolute Gasteiger partial charge is 0.196 e. The van der Waals surface area contributed by atoms with Gasteiger partial charge in [-0.25, -0.2) is 0 Å². The molecule has 0 N–H and O–H groups in total. The normalized spacial score (nSPS) is 10.5. The van der Waals surface area contributed by atoms with Crippen LogP contribution in [-0.4, -0.2) is 25.5 Å². The van der Waals surface area contributed by atoms with E-state index in [2.05, 4.69) is 0 Å². The quantitative estimate of drug-likeness (QED) is 0.642. The van der Waals surface area contributed by atoms with Crippen LogP contribution in [0.2, 0.25) is 0 Å². The minimum Gasteiger partial charge on any atom is -0.546 e. The molecule has 3 aromatic rings. The number of hydrogen-bond acceptors (Lipinski definition) is 6. The number of furan rings is 1. The van der Waals surface area contributed by atoms with E-state index in [1.165, 1.54) is 6.26 Å². The van der Waals surface area contributed by atoms with Crippen LogP contribution in [0.25, 0.3) is 11.0 Å². The van der Waals surface area contributed by atoms with Gasteiger partial charge in [-0.3, -0.25) is 4.79 Å². The first kappa shape index (κ1) is 15.6. The van der Waals surface area contributed by atoms with Crippen molar-refractivity contribution in [2.45, 2.75) is 0 Å². The van der Waals surface area contributed by atoms with Crippen LogP contribution in [0.1, 0.15) is 15.9 Å². The number of ketones is 1. The monoisotopic (exact) mass is 325 g/mol. The lowest BCUT2D eigenvalue weighted by Gasteiger charge is -2.06. The summed E-state index contributed by atoms with van der Waals surface area (Å²) in [7, 11) is 1.55. The molecule has 0 unspecified atom stereocenters. The highest BCUT2D eigenvalue weighted by Crippen LogP contribution is 2.28. The molecule has 0 saturated carbocycles. The average Bonchev–Trinajstić information content (AvgIpc) is 3.02. The molecule has 0 saturated heterocycles. The highest BCUT2D eigenvalue weighted by Gasteiger charge is 2.16. The average molecular weight is 325 g/mol. The first-order valence-electron chi connectivity index (χ1n) is 7.11. The van der Waals surface area contributed by atoms with Gasteiger partial charge in [-0.1, -0.05) is 0 Å². The number of carboxylic acid groups (broad SMARTS) is 1. The Labute approximate surface area is 137 Å². The molecule has 0 aliphatic carbocycles. The number of hydrogen-bond donors (Lipinski definition) is 0. The number of rotatable bonds is 6. The molecule has 24 heavy (non-hydrogen) atoms. The van der Waals surface area contributed by atoms with Crippen LogP contribution in [0.15, 0.2) is 53.1 Å². The second kappa shape index (κ2) is 6.45. The fourth-order valence-electron chi connectivity index (χ4n) is 2.31. The second-order valence-electron chi connectivity index (χ2n) is 5.03. The summed E-state index contributed by atoms with van der Waals surface area (Å²) in [6, 6.07) is 11.5. The van der Waals surface area contributed by atoms with Crippen molar-refractivity contribution in [1.29, 1.82) is 0 Å². The molecule has 6 heteroatoms. The van der Waals surface area contributed by atoms with Gasteiger partial charge in [0.15, 0.2) is 5.78 Å². The summed E-state index contributed by atoms with van der Waals surface area (Å²) in [5, 5.41) is 11.0. The van der Waals surface area contributed by atoms with Crippen LogP contribution in [0.5, 0.6) is 11.5 Å². The third-order valence-corrected chi connectivity index (χ3v) is 3.50. The molecule has 0 aliphatic rings. The Morgan fingerprint density at radius 2 is 1.79 bits per heavy atom. The van der Waals surface area contributed by atoms with E-state index in [1.807, 2.05) is 0 Å². The zero-order chi connectivity index (χ0) is 17.1. The molecule has 122 valence electrons. The molecular weight excluding hydrogens is 312 g/mol. The van der Waals surface area contributed by atoms with E-state index in [0.29, 0.717) is 33.6 Å². The van der Waals surface area contributed by atoms with E-state index in [-0.39, 0.29) is 5.78 Å². The maximum Gasteiger partial charge on any atom is 0.196 e. The van der Waals surface area contributed by atoms with E-state index in [1.54, 1.807) is 49.6 Å². The molecule has 0 atom stereocenters. The van der Waals surface area contributed by atoms with Crippen molar-refractivity contribution in [3.63, 3.8) is 0 Å². The number of carbonyl (C=O) groups is 2. The van der Waals surface area contributed by atoms with E-state index in [0.717, 1.165) is 0 Å². The van der Waals surface area contributed by atoms with Gasteiger partial charge in [-0.2, -0.15) is 0 Å². The van der Waals surface area contributed by atoms with Gasteiger partial charge < -0.3 is 23.8 Å². The molecular formula is C18H13O6-. The molecule has 0 radical (unpaired) electrons. The van der Waals surface area contributed by atoms with Gasteiger partial charge in [0.1, 0.15) is 30.0 Å². The number of carbonyl (C=O) groups excluding carboxylic acids is 2. The van der Waals surface area contributed by atoms with Gasteiger partial charge in [-0.05, 0) is 42.5 Å². The Kier molecular flexibility index (Phi) is 4.20. The Balaban J connectivity index is 1.94. The first-order chi connectivity index (χ1) is 11.6. The van der Waals surface area contributed by atoms with Crippen LogP contribution in [0.4, 0.5) is 0 Å².